The number of hydrogen-bond acceptors (Lipinski definition) is 5. The van der Waals surface area contributed by atoms with Crippen LogP contribution in [0.5, 0.6) is 0 Å². The minimum atomic E-state index is -0.692. The number of halogens is 1. The van der Waals surface area contributed by atoms with Crippen molar-refractivity contribution in [1.29, 1.82) is 0 Å². The molecule has 2 N–H and O–H groups in total. The molecular weight excluding hydrogens is 382 g/mol. The number of nitrogens with one attached hydrogen (secondary N) is 1. The molecule has 1 heterocycles. The fourth-order valence-electron chi connectivity index (χ4n) is 2.09. The first kappa shape index (κ1) is 18.0. The topological polar surface area (TPSA) is 84.2 Å². The number of aliphatic hydroxyl groups is 1. The molecule has 1 atom stereocenters. The average molecular weight is 400 g/mol. The van der Waals surface area contributed by atoms with Crippen LogP contribution in [-0.4, -0.2) is 39.0 Å². The van der Waals surface area contributed by atoms with Gasteiger partial charge in [-0.05, 0) is 32.0 Å². The summed E-state index contributed by atoms with van der Waals surface area (Å²) in [4.78, 5) is 28.8. The van der Waals surface area contributed by atoms with Crippen LogP contribution in [-0.2, 0) is 11.3 Å². The van der Waals surface area contributed by atoms with Gasteiger partial charge in [-0.25, -0.2) is 4.98 Å². The van der Waals surface area contributed by atoms with Gasteiger partial charge in [0.25, 0.3) is 5.56 Å². The van der Waals surface area contributed by atoms with E-state index in [4.69, 9.17) is 0 Å². The van der Waals surface area contributed by atoms with Crippen LogP contribution in [0.4, 0.5) is 0 Å². The molecule has 23 heavy (non-hydrogen) atoms. The Balaban J connectivity index is 2.46. The van der Waals surface area contributed by atoms with E-state index in [1.165, 1.54) is 16.3 Å². The smallest absolute Gasteiger partial charge is 0.262 e. The second-order valence-corrected chi connectivity index (χ2v) is 6.92. The molecule has 0 radical (unpaired) electrons. The molecule has 0 aliphatic rings. The Labute approximate surface area is 146 Å². The quantitative estimate of drug-likeness (QED) is 0.571. The standard InChI is InChI=1S/C15H18BrN3O3S/c1-3-17-13(21)8-23-15-18-12-5-4-10(16)6-11(12)14(22)19(15)7-9(2)20/h4-6,9,20H,3,7-8H2,1-2H3,(H,17,21). The summed E-state index contributed by atoms with van der Waals surface area (Å²) in [6.45, 7) is 4.14. The van der Waals surface area contributed by atoms with Gasteiger partial charge in [0.05, 0.1) is 29.3 Å². The van der Waals surface area contributed by atoms with Gasteiger partial charge in [0, 0.05) is 11.0 Å². The van der Waals surface area contributed by atoms with Crippen LogP contribution in [0.25, 0.3) is 10.9 Å². The number of fused-ring (bicyclic) bond motifs is 1. The number of benzene rings is 1. The van der Waals surface area contributed by atoms with E-state index in [9.17, 15) is 14.7 Å². The number of carbonyl (C=O) groups excluding carboxylic acids is 1. The lowest BCUT2D eigenvalue weighted by molar-refractivity contribution is -0.118. The van der Waals surface area contributed by atoms with Crippen molar-refractivity contribution in [3.05, 3.63) is 33.0 Å². The molecule has 0 fully saturated rings. The Kier molecular flexibility index (Phi) is 6.20. The first-order chi connectivity index (χ1) is 10.9. The third kappa shape index (κ3) is 4.55. The van der Waals surface area contributed by atoms with Gasteiger partial charge in [0.15, 0.2) is 5.16 Å². The molecule has 0 aliphatic carbocycles. The zero-order valence-corrected chi connectivity index (χ0v) is 15.3. The minimum Gasteiger partial charge on any atom is -0.392 e. The van der Waals surface area contributed by atoms with Gasteiger partial charge in [-0.1, -0.05) is 27.7 Å². The number of carbonyl (C=O) groups is 1. The monoisotopic (exact) mass is 399 g/mol. The number of rotatable bonds is 6. The normalized spacial score (nSPS) is 12.3. The Morgan fingerprint density at radius 2 is 2.26 bits per heavy atom. The largest absolute Gasteiger partial charge is 0.392 e. The molecule has 2 rings (SSSR count). The van der Waals surface area contributed by atoms with Gasteiger partial charge in [0.2, 0.25) is 5.91 Å². The minimum absolute atomic E-state index is 0.119. The SMILES string of the molecule is CCNC(=O)CSc1nc2ccc(Br)cc2c(=O)n1CC(C)O. The highest BCUT2D eigenvalue weighted by Gasteiger charge is 2.14. The summed E-state index contributed by atoms with van der Waals surface area (Å²) in [6.07, 6.45) is -0.692. The highest BCUT2D eigenvalue weighted by Crippen LogP contribution is 2.20. The van der Waals surface area contributed by atoms with E-state index in [2.05, 4.69) is 26.2 Å². The summed E-state index contributed by atoms with van der Waals surface area (Å²) in [6, 6.07) is 5.27. The Morgan fingerprint density at radius 3 is 2.91 bits per heavy atom. The highest BCUT2D eigenvalue weighted by atomic mass is 79.9. The fraction of sp³-hybridized carbons (Fsp3) is 0.400. The van der Waals surface area contributed by atoms with Crippen molar-refractivity contribution < 1.29 is 9.90 Å². The van der Waals surface area contributed by atoms with E-state index in [1.54, 1.807) is 19.1 Å². The van der Waals surface area contributed by atoms with Crippen molar-refractivity contribution in [1.82, 2.24) is 14.9 Å². The number of thioether (sulfide) groups is 1. The lowest BCUT2D eigenvalue weighted by Crippen LogP contribution is -2.29. The maximum absolute atomic E-state index is 12.7. The van der Waals surface area contributed by atoms with Crippen molar-refractivity contribution in [3.63, 3.8) is 0 Å². The van der Waals surface area contributed by atoms with Gasteiger partial charge < -0.3 is 10.4 Å². The molecule has 0 saturated heterocycles. The van der Waals surface area contributed by atoms with E-state index in [0.717, 1.165) is 4.47 Å². The second-order valence-electron chi connectivity index (χ2n) is 5.06. The Hall–Kier alpha value is -1.38. The van der Waals surface area contributed by atoms with Crippen LogP contribution < -0.4 is 10.9 Å². The molecule has 2 aromatic rings. The van der Waals surface area contributed by atoms with Gasteiger partial charge >= 0.3 is 0 Å². The summed E-state index contributed by atoms with van der Waals surface area (Å²) < 4.78 is 2.21. The summed E-state index contributed by atoms with van der Waals surface area (Å²) in [5.41, 5.74) is 0.342. The maximum atomic E-state index is 12.7. The lowest BCUT2D eigenvalue weighted by Gasteiger charge is -2.14. The Bertz CT molecular complexity index is 776. The predicted molar refractivity (Wildman–Crippen MR) is 94.8 cm³/mol. The number of hydrogen-bond donors (Lipinski definition) is 2. The van der Waals surface area contributed by atoms with Crippen LogP contribution in [0, 0.1) is 0 Å². The third-order valence-corrected chi connectivity index (χ3v) is 4.50. The molecule has 1 aromatic carbocycles. The van der Waals surface area contributed by atoms with E-state index < -0.39 is 6.10 Å². The lowest BCUT2D eigenvalue weighted by atomic mass is 10.2. The third-order valence-electron chi connectivity index (χ3n) is 3.03. The fourth-order valence-corrected chi connectivity index (χ4v) is 3.29. The van der Waals surface area contributed by atoms with Crippen LogP contribution in [0.15, 0.2) is 32.6 Å². The number of amides is 1. The molecule has 0 bridgehead atoms. The molecule has 8 heteroatoms. The van der Waals surface area contributed by atoms with E-state index in [0.29, 0.717) is 22.6 Å². The van der Waals surface area contributed by atoms with E-state index in [1.807, 2.05) is 13.0 Å². The summed E-state index contributed by atoms with van der Waals surface area (Å²) in [5, 5.41) is 13.3. The number of aliphatic hydroxyl groups excluding tert-OH is 1. The van der Waals surface area contributed by atoms with Crippen molar-refractivity contribution in [2.75, 3.05) is 12.3 Å². The first-order valence-corrected chi connectivity index (χ1v) is 8.98. The van der Waals surface area contributed by atoms with Crippen LogP contribution in [0.2, 0.25) is 0 Å². The molecule has 0 aliphatic heterocycles. The molecule has 1 amide bonds. The second kappa shape index (κ2) is 7.94. The van der Waals surface area contributed by atoms with E-state index >= 15 is 0 Å². The van der Waals surface area contributed by atoms with Crippen LogP contribution in [0.3, 0.4) is 0 Å². The molecule has 0 saturated carbocycles. The first-order valence-electron chi connectivity index (χ1n) is 7.20. The van der Waals surface area contributed by atoms with Crippen molar-refractivity contribution in [2.45, 2.75) is 31.7 Å². The summed E-state index contributed by atoms with van der Waals surface area (Å²) >= 11 is 4.53. The van der Waals surface area contributed by atoms with Crippen molar-refractivity contribution in [3.8, 4) is 0 Å². The maximum Gasteiger partial charge on any atom is 0.262 e. The summed E-state index contributed by atoms with van der Waals surface area (Å²) in [7, 11) is 0. The summed E-state index contributed by atoms with van der Waals surface area (Å²) in [5.74, 6) is 0.0496. The number of aromatic nitrogens is 2. The van der Waals surface area contributed by atoms with Crippen LogP contribution >= 0.6 is 27.7 Å². The van der Waals surface area contributed by atoms with Crippen LogP contribution in [0.1, 0.15) is 13.8 Å². The molecule has 6 nitrogen and oxygen atoms in total. The molecule has 124 valence electrons. The molecule has 0 spiro atoms. The number of nitrogens with zero attached hydrogens (tertiary/aromatic N) is 2. The predicted octanol–water partition coefficient (Wildman–Crippen LogP) is 1.77. The average Bonchev–Trinajstić information content (AvgIpc) is 2.49. The van der Waals surface area contributed by atoms with Gasteiger partial charge in [0.1, 0.15) is 0 Å². The Morgan fingerprint density at radius 1 is 1.52 bits per heavy atom. The molecular formula is C15H18BrN3O3S. The van der Waals surface area contributed by atoms with Crippen molar-refractivity contribution in [2.24, 2.45) is 0 Å². The zero-order chi connectivity index (χ0) is 17.0. The molecule has 1 unspecified atom stereocenters. The highest BCUT2D eigenvalue weighted by molar-refractivity contribution is 9.10. The zero-order valence-electron chi connectivity index (χ0n) is 12.9. The van der Waals surface area contributed by atoms with Gasteiger partial charge in [-0.2, -0.15) is 0 Å². The van der Waals surface area contributed by atoms with E-state index in [-0.39, 0.29) is 23.8 Å². The van der Waals surface area contributed by atoms with Gasteiger partial charge in [-0.3, -0.25) is 14.2 Å². The van der Waals surface area contributed by atoms with Crippen molar-refractivity contribution >= 4 is 44.5 Å². The van der Waals surface area contributed by atoms with Gasteiger partial charge in [-0.15, -0.1) is 0 Å². The molecule has 1 aromatic heterocycles.